The molecule has 1 amide bonds. The molecule has 134 valence electrons. The van der Waals surface area contributed by atoms with Crippen LogP contribution in [0.4, 0.5) is 24.7 Å². The van der Waals surface area contributed by atoms with Gasteiger partial charge in [-0.3, -0.25) is 4.79 Å². The minimum atomic E-state index is -4.39. The summed E-state index contributed by atoms with van der Waals surface area (Å²) < 4.78 is 42.5. The number of amides is 1. The van der Waals surface area contributed by atoms with Gasteiger partial charge in [0.05, 0.1) is 5.56 Å². The van der Waals surface area contributed by atoms with Crippen molar-refractivity contribution in [1.82, 2.24) is 15.3 Å². The molecule has 1 heterocycles. The summed E-state index contributed by atoms with van der Waals surface area (Å²) in [6.07, 6.45) is -2.51. The number of alkyl halides is 3. The van der Waals surface area contributed by atoms with Crippen molar-refractivity contribution < 1.29 is 22.7 Å². The quantitative estimate of drug-likeness (QED) is 0.748. The van der Waals surface area contributed by atoms with Crippen LogP contribution in [0.15, 0.2) is 36.7 Å². The zero-order chi connectivity index (χ0) is 18.3. The van der Waals surface area contributed by atoms with Crippen LogP contribution < -0.4 is 10.6 Å². The number of benzene rings is 1. The number of methoxy groups -OCH3 is 1. The molecule has 2 aromatic rings. The Morgan fingerprint density at radius 1 is 1.20 bits per heavy atom. The number of nitrogens with one attached hydrogen (secondary N) is 2. The van der Waals surface area contributed by atoms with Crippen LogP contribution in [0.1, 0.15) is 22.5 Å². The summed E-state index contributed by atoms with van der Waals surface area (Å²) in [4.78, 5) is 19.8. The van der Waals surface area contributed by atoms with Gasteiger partial charge in [-0.25, -0.2) is 9.97 Å². The maximum atomic E-state index is 12.5. The highest BCUT2D eigenvalue weighted by Crippen LogP contribution is 2.30. The van der Waals surface area contributed by atoms with Gasteiger partial charge >= 0.3 is 6.18 Å². The Hall–Kier alpha value is -2.68. The molecule has 9 heteroatoms. The van der Waals surface area contributed by atoms with E-state index in [-0.39, 0.29) is 11.6 Å². The number of carbonyl (C=O) groups is 1. The second-order valence-electron chi connectivity index (χ2n) is 5.09. The molecule has 0 aliphatic carbocycles. The molecule has 1 aromatic carbocycles. The molecule has 0 saturated carbocycles. The van der Waals surface area contributed by atoms with Crippen LogP contribution in [0.3, 0.4) is 0 Å². The smallest absolute Gasteiger partial charge is 0.385 e. The highest BCUT2D eigenvalue weighted by atomic mass is 19.4. The lowest BCUT2D eigenvalue weighted by Gasteiger charge is -2.10. The summed E-state index contributed by atoms with van der Waals surface area (Å²) in [6.45, 7) is 0.975. The molecule has 6 nitrogen and oxygen atoms in total. The van der Waals surface area contributed by atoms with Crippen LogP contribution in [-0.2, 0) is 10.9 Å². The van der Waals surface area contributed by atoms with Crippen molar-refractivity contribution in [3.8, 4) is 0 Å². The number of anilines is 2. The molecule has 0 saturated heterocycles. The van der Waals surface area contributed by atoms with E-state index in [1.165, 1.54) is 24.5 Å². The molecular formula is C16H17F3N4O2. The fourth-order valence-electron chi connectivity index (χ4n) is 1.95. The van der Waals surface area contributed by atoms with Gasteiger partial charge in [0, 0.05) is 32.0 Å². The van der Waals surface area contributed by atoms with E-state index >= 15 is 0 Å². The van der Waals surface area contributed by atoms with E-state index in [2.05, 4.69) is 20.6 Å². The van der Waals surface area contributed by atoms with Gasteiger partial charge in [0.15, 0.2) is 0 Å². The second-order valence-corrected chi connectivity index (χ2v) is 5.09. The summed E-state index contributed by atoms with van der Waals surface area (Å²) in [7, 11) is 1.57. The Morgan fingerprint density at radius 2 is 1.92 bits per heavy atom. The number of nitrogens with zero attached hydrogens (tertiary/aromatic N) is 2. The van der Waals surface area contributed by atoms with Crippen molar-refractivity contribution in [2.75, 3.05) is 25.6 Å². The van der Waals surface area contributed by atoms with Gasteiger partial charge < -0.3 is 15.4 Å². The molecule has 0 aliphatic rings. The molecule has 0 atom stereocenters. The van der Waals surface area contributed by atoms with Crippen LogP contribution in [0, 0.1) is 0 Å². The van der Waals surface area contributed by atoms with E-state index in [0.717, 1.165) is 12.1 Å². The molecule has 0 fully saturated rings. The fraction of sp³-hybridized carbons (Fsp3) is 0.312. The SMILES string of the molecule is COCCCNC(=O)c1cc(Nc2ccc(C(F)(F)F)cc2)ncn1. The molecule has 25 heavy (non-hydrogen) atoms. The lowest BCUT2D eigenvalue weighted by molar-refractivity contribution is -0.137. The van der Waals surface area contributed by atoms with E-state index in [1.807, 2.05) is 0 Å². The third kappa shape index (κ3) is 5.71. The first-order valence-corrected chi connectivity index (χ1v) is 7.43. The largest absolute Gasteiger partial charge is 0.416 e. The third-order valence-electron chi connectivity index (χ3n) is 3.20. The third-order valence-corrected chi connectivity index (χ3v) is 3.20. The summed E-state index contributed by atoms with van der Waals surface area (Å²) in [5.41, 5.74) is -0.170. The predicted molar refractivity (Wildman–Crippen MR) is 85.6 cm³/mol. The van der Waals surface area contributed by atoms with Crippen LogP contribution >= 0.6 is 0 Å². The molecular weight excluding hydrogens is 337 g/mol. The molecule has 2 N–H and O–H groups in total. The van der Waals surface area contributed by atoms with Crippen LogP contribution in [0.2, 0.25) is 0 Å². The van der Waals surface area contributed by atoms with Gasteiger partial charge in [0.1, 0.15) is 17.8 Å². The van der Waals surface area contributed by atoms with Crippen LogP contribution in [0.25, 0.3) is 0 Å². The Labute approximate surface area is 142 Å². The van der Waals surface area contributed by atoms with Gasteiger partial charge in [-0.05, 0) is 30.7 Å². The number of hydrogen-bond donors (Lipinski definition) is 2. The lowest BCUT2D eigenvalue weighted by atomic mass is 10.2. The number of halogens is 3. The van der Waals surface area contributed by atoms with E-state index < -0.39 is 11.7 Å². The monoisotopic (exact) mass is 354 g/mol. The van der Waals surface area contributed by atoms with E-state index in [1.54, 1.807) is 7.11 Å². The number of hydrogen-bond acceptors (Lipinski definition) is 5. The summed E-state index contributed by atoms with van der Waals surface area (Å²) in [6, 6.07) is 5.92. The highest BCUT2D eigenvalue weighted by Gasteiger charge is 2.29. The Morgan fingerprint density at radius 3 is 2.56 bits per heavy atom. The zero-order valence-corrected chi connectivity index (χ0v) is 13.4. The van der Waals surface area contributed by atoms with Crippen LogP contribution in [0.5, 0.6) is 0 Å². The predicted octanol–water partition coefficient (Wildman–Crippen LogP) is 3.01. The number of rotatable bonds is 7. The van der Waals surface area contributed by atoms with Gasteiger partial charge in [-0.15, -0.1) is 0 Å². The van der Waals surface area contributed by atoms with Crippen LogP contribution in [-0.4, -0.2) is 36.1 Å². The summed E-state index contributed by atoms with van der Waals surface area (Å²) in [5, 5.41) is 5.52. The van der Waals surface area contributed by atoms with Crippen molar-refractivity contribution in [3.63, 3.8) is 0 Å². The normalized spacial score (nSPS) is 11.2. The second kappa shape index (κ2) is 8.43. The molecule has 1 aromatic heterocycles. The first kappa shape index (κ1) is 18.7. The zero-order valence-electron chi connectivity index (χ0n) is 13.4. The van der Waals surface area contributed by atoms with E-state index in [4.69, 9.17) is 4.74 Å². The Bertz CT molecular complexity index is 705. The van der Waals surface area contributed by atoms with Gasteiger partial charge in [0.25, 0.3) is 5.91 Å². The molecule has 0 spiro atoms. The topological polar surface area (TPSA) is 76.1 Å². The fourth-order valence-corrected chi connectivity index (χ4v) is 1.95. The molecule has 0 aliphatic heterocycles. The van der Waals surface area contributed by atoms with Crippen molar-refractivity contribution in [1.29, 1.82) is 0 Å². The summed E-state index contributed by atoms with van der Waals surface area (Å²) in [5.74, 6) is -0.0641. The minimum Gasteiger partial charge on any atom is -0.385 e. The Balaban J connectivity index is 2.00. The van der Waals surface area contributed by atoms with Crippen molar-refractivity contribution in [2.45, 2.75) is 12.6 Å². The van der Waals surface area contributed by atoms with E-state index in [0.29, 0.717) is 31.1 Å². The van der Waals surface area contributed by atoms with Gasteiger partial charge in [-0.1, -0.05) is 0 Å². The minimum absolute atomic E-state index is 0.154. The van der Waals surface area contributed by atoms with Gasteiger partial charge in [0.2, 0.25) is 0 Å². The number of carbonyl (C=O) groups excluding carboxylic acids is 1. The van der Waals surface area contributed by atoms with Gasteiger partial charge in [-0.2, -0.15) is 13.2 Å². The average molecular weight is 354 g/mol. The van der Waals surface area contributed by atoms with Crippen molar-refractivity contribution >= 4 is 17.4 Å². The number of ether oxygens (including phenoxy) is 1. The van der Waals surface area contributed by atoms with E-state index in [9.17, 15) is 18.0 Å². The summed E-state index contributed by atoms with van der Waals surface area (Å²) >= 11 is 0. The molecule has 0 unspecified atom stereocenters. The standard InChI is InChI=1S/C16H17F3N4O2/c1-25-8-2-7-20-15(24)13-9-14(22-10-21-13)23-12-5-3-11(4-6-12)16(17,18)19/h3-6,9-10H,2,7-8H2,1H3,(H,20,24)(H,21,22,23). The highest BCUT2D eigenvalue weighted by molar-refractivity contribution is 5.92. The average Bonchev–Trinajstić information content (AvgIpc) is 2.58. The lowest BCUT2D eigenvalue weighted by Crippen LogP contribution is -2.26. The molecule has 0 radical (unpaired) electrons. The maximum Gasteiger partial charge on any atom is 0.416 e. The van der Waals surface area contributed by atoms with Crippen molar-refractivity contribution in [2.24, 2.45) is 0 Å². The maximum absolute atomic E-state index is 12.5. The van der Waals surface area contributed by atoms with Crippen molar-refractivity contribution in [3.05, 3.63) is 47.9 Å². The molecule has 2 rings (SSSR count). The number of aromatic nitrogens is 2. The molecule has 0 bridgehead atoms. The first-order valence-electron chi connectivity index (χ1n) is 7.43. The first-order chi connectivity index (χ1) is 11.9. The Kier molecular flexibility index (Phi) is 6.29.